The van der Waals surface area contributed by atoms with Crippen molar-refractivity contribution in [2.45, 2.75) is 51.6 Å². The molecule has 1 aliphatic heterocycles. The SMILES string of the molecule is CCCN(Cc1nnc(-c2cccs2)o1)C(=O)CN1C(=O)C(=O)N(C2CCCC2)C1=O. The molecule has 4 rings (SSSR count). The first-order valence-electron chi connectivity index (χ1n) is 10.3. The molecule has 3 heterocycles. The lowest BCUT2D eigenvalue weighted by Gasteiger charge is -2.24. The van der Waals surface area contributed by atoms with Crippen LogP contribution in [0.25, 0.3) is 10.8 Å². The molecule has 11 heteroatoms. The van der Waals surface area contributed by atoms with Gasteiger partial charge in [0, 0.05) is 12.6 Å². The number of amides is 5. The van der Waals surface area contributed by atoms with Crippen LogP contribution in [-0.4, -0.2) is 67.8 Å². The minimum Gasteiger partial charge on any atom is -0.418 e. The quantitative estimate of drug-likeness (QED) is 0.452. The average Bonchev–Trinajstić information content (AvgIpc) is 3.54. The standard InChI is InChI=1S/C20H23N5O5S/c1-2-9-23(11-15-21-22-17(30-15)14-8-5-10-31-14)16(26)12-24-18(27)19(28)25(20(24)29)13-6-3-4-7-13/h5,8,10,13H,2-4,6-7,9,11-12H2,1H3. The van der Waals surface area contributed by atoms with Crippen molar-refractivity contribution < 1.29 is 23.6 Å². The van der Waals surface area contributed by atoms with Crippen LogP contribution in [0.1, 0.15) is 44.9 Å². The van der Waals surface area contributed by atoms with E-state index >= 15 is 0 Å². The maximum absolute atomic E-state index is 12.9. The molecule has 2 fully saturated rings. The number of hydrogen-bond donors (Lipinski definition) is 0. The van der Waals surface area contributed by atoms with Crippen LogP contribution in [0.3, 0.4) is 0 Å². The Morgan fingerprint density at radius 1 is 1.23 bits per heavy atom. The van der Waals surface area contributed by atoms with Crippen LogP contribution >= 0.6 is 11.3 Å². The van der Waals surface area contributed by atoms with Crippen molar-refractivity contribution in [2.24, 2.45) is 0 Å². The summed E-state index contributed by atoms with van der Waals surface area (Å²) in [6.07, 6.45) is 3.87. The van der Waals surface area contributed by atoms with Crippen LogP contribution in [-0.2, 0) is 20.9 Å². The Morgan fingerprint density at radius 2 is 2.00 bits per heavy atom. The van der Waals surface area contributed by atoms with Gasteiger partial charge >= 0.3 is 17.8 Å². The Morgan fingerprint density at radius 3 is 2.68 bits per heavy atom. The fourth-order valence-corrected chi connectivity index (χ4v) is 4.57. The van der Waals surface area contributed by atoms with E-state index in [1.54, 1.807) is 0 Å². The first-order valence-corrected chi connectivity index (χ1v) is 11.2. The molecule has 0 spiro atoms. The largest absolute Gasteiger partial charge is 0.418 e. The summed E-state index contributed by atoms with van der Waals surface area (Å²) >= 11 is 1.46. The van der Waals surface area contributed by atoms with Crippen molar-refractivity contribution >= 4 is 35.1 Å². The van der Waals surface area contributed by atoms with Crippen molar-refractivity contribution in [1.82, 2.24) is 24.9 Å². The fraction of sp³-hybridized carbons (Fsp3) is 0.500. The molecule has 0 atom stereocenters. The van der Waals surface area contributed by atoms with Gasteiger partial charge in [-0.1, -0.05) is 25.8 Å². The lowest BCUT2D eigenvalue weighted by Crippen LogP contribution is -2.44. The first kappa shape index (κ1) is 21.2. The molecule has 164 valence electrons. The van der Waals surface area contributed by atoms with E-state index in [-0.39, 0.29) is 18.5 Å². The van der Waals surface area contributed by atoms with Crippen LogP contribution in [0.5, 0.6) is 0 Å². The van der Waals surface area contributed by atoms with Crippen molar-refractivity contribution in [3.63, 3.8) is 0 Å². The Labute approximate surface area is 182 Å². The minimum absolute atomic E-state index is 0.0571. The van der Waals surface area contributed by atoms with Gasteiger partial charge in [0.25, 0.3) is 5.89 Å². The highest BCUT2D eigenvalue weighted by molar-refractivity contribution is 7.13. The van der Waals surface area contributed by atoms with Crippen molar-refractivity contribution in [3.05, 3.63) is 23.4 Å². The van der Waals surface area contributed by atoms with Gasteiger partial charge in [0.05, 0.1) is 11.4 Å². The molecular weight excluding hydrogens is 422 g/mol. The van der Waals surface area contributed by atoms with E-state index in [0.717, 1.165) is 27.5 Å². The summed E-state index contributed by atoms with van der Waals surface area (Å²) in [6.45, 7) is 1.86. The molecule has 2 aromatic rings. The van der Waals surface area contributed by atoms with Gasteiger partial charge in [0.1, 0.15) is 6.54 Å². The van der Waals surface area contributed by atoms with Crippen LogP contribution < -0.4 is 0 Å². The molecule has 0 bridgehead atoms. The molecule has 2 aromatic heterocycles. The maximum Gasteiger partial charge on any atom is 0.334 e. The van der Waals surface area contributed by atoms with Crippen molar-refractivity contribution in [1.29, 1.82) is 0 Å². The van der Waals surface area contributed by atoms with E-state index in [9.17, 15) is 19.2 Å². The van der Waals surface area contributed by atoms with Gasteiger partial charge in [-0.15, -0.1) is 21.5 Å². The van der Waals surface area contributed by atoms with E-state index in [2.05, 4.69) is 10.2 Å². The van der Waals surface area contributed by atoms with E-state index < -0.39 is 30.3 Å². The van der Waals surface area contributed by atoms with Crippen molar-refractivity contribution in [2.75, 3.05) is 13.1 Å². The summed E-state index contributed by atoms with van der Waals surface area (Å²) in [5, 5.41) is 9.90. The molecule has 10 nitrogen and oxygen atoms in total. The van der Waals surface area contributed by atoms with Gasteiger partial charge in [-0.05, 0) is 30.7 Å². The monoisotopic (exact) mass is 445 g/mol. The molecule has 2 aliphatic rings. The molecular formula is C20H23N5O5S. The number of rotatable bonds is 8. The molecule has 31 heavy (non-hydrogen) atoms. The fourth-order valence-electron chi connectivity index (χ4n) is 3.92. The third kappa shape index (κ3) is 4.22. The zero-order chi connectivity index (χ0) is 22.0. The Balaban J connectivity index is 1.44. The predicted molar refractivity (Wildman–Crippen MR) is 110 cm³/mol. The maximum atomic E-state index is 12.9. The Bertz CT molecular complexity index is 982. The second-order valence-corrected chi connectivity index (χ2v) is 8.53. The first-order chi connectivity index (χ1) is 15.0. The van der Waals surface area contributed by atoms with Crippen LogP contribution in [0.15, 0.2) is 21.9 Å². The second kappa shape index (κ2) is 8.96. The van der Waals surface area contributed by atoms with Gasteiger partial charge in [0.2, 0.25) is 11.8 Å². The zero-order valence-corrected chi connectivity index (χ0v) is 18.0. The van der Waals surface area contributed by atoms with Crippen LogP contribution in [0.4, 0.5) is 4.79 Å². The van der Waals surface area contributed by atoms with Gasteiger partial charge in [0.15, 0.2) is 0 Å². The van der Waals surface area contributed by atoms with Crippen LogP contribution in [0, 0.1) is 0 Å². The molecule has 1 saturated heterocycles. The summed E-state index contributed by atoms with van der Waals surface area (Å²) < 4.78 is 5.65. The summed E-state index contributed by atoms with van der Waals surface area (Å²) in [7, 11) is 0. The third-order valence-corrected chi connectivity index (χ3v) is 6.30. The Hall–Kier alpha value is -3.08. The van der Waals surface area contributed by atoms with Crippen LogP contribution in [0.2, 0.25) is 0 Å². The van der Waals surface area contributed by atoms with E-state index in [4.69, 9.17) is 4.42 Å². The molecule has 0 aromatic carbocycles. The number of imide groups is 2. The van der Waals surface area contributed by atoms with Crippen molar-refractivity contribution in [3.8, 4) is 10.8 Å². The molecule has 5 amide bonds. The second-order valence-electron chi connectivity index (χ2n) is 7.58. The minimum atomic E-state index is -0.945. The number of aromatic nitrogens is 2. The highest BCUT2D eigenvalue weighted by Crippen LogP contribution is 2.28. The van der Waals surface area contributed by atoms with Gasteiger partial charge in [-0.2, -0.15) is 0 Å². The van der Waals surface area contributed by atoms with Gasteiger partial charge in [-0.25, -0.2) is 9.69 Å². The lowest BCUT2D eigenvalue weighted by molar-refractivity contribution is -0.145. The third-order valence-electron chi connectivity index (χ3n) is 5.44. The lowest BCUT2D eigenvalue weighted by atomic mass is 10.2. The number of carbonyl (C=O) groups is 4. The number of carbonyl (C=O) groups excluding carboxylic acids is 4. The van der Waals surface area contributed by atoms with Gasteiger partial charge in [-0.3, -0.25) is 19.3 Å². The molecule has 1 aliphatic carbocycles. The molecule has 0 radical (unpaired) electrons. The van der Waals surface area contributed by atoms with E-state index in [1.807, 2.05) is 24.4 Å². The Kier molecular flexibility index (Phi) is 6.12. The average molecular weight is 446 g/mol. The molecule has 1 saturated carbocycles. The van der Waals surface area contributed by atoms with E-state index in [0.29, 0.717) is 31.7 Å². The topological polar surface area (TPSA) is 117 Å². The number of nitrogens with zero attached hydrogens (tertiary/aromatic N) is 5. The number of thiophene rings is 1. The summed E-state index contributed by atoms with van der Waals surface area (Å²) in [4.78, 5) is 54.4. The molecule has 0 unspecified atom stereocenters. The summed E-state index contributed by atoms with van der Waals surface area (Å²) in [5.74, 6) is -1.62. The summed E-state index contributed by atoms with van der Waals surface area (Å²) in [6, 6.07) is 2.76. The van der Waals surface area contributed by atoms with E-state index in [1.165, 1.54) is 16.2 Å². The number of urea groups is 1. The highest BCUT2D eigenvalue weighted by atomic mass is 32.1. The zero-order valence-electron chi connectivity index (χ0n) is 17.2. The normalized spacial score (nSPS) is 17.3. The number of hydrogen-bond acceptors (Lipinski definition) is 8. The smallest absolute Gasteiger partial charge is 0.334 e. The summed E-state index contributed by atoms with van der Waals surface area (Å²) in [5.41, 5.74) is 0. The highest BCUT2D eigenvalue weighted by Gasteiger charge is 2.48. The predicted octanol–water partition coefficient (Wildman–Crippen LogP) is 2.27. The van der Waals surface area contributed by atoms with Gasteiger partial charge < -0.3 is 9.32 Å². The molecule has 0 N–H and O–H groups in total.